The molecule has 0 atom stereocenters. The van der Waals surface area contributed by atoms with E-state index in [9.17, 15) is 14.3 Å². The van der Waals surface area contributed by atoms with Gasteiger partial charge in [0.15, 0.2) is 11.6 Å². The number of nitrogens with zero attached hydrogens (tertiary/aromatic N) is 3. The number of halogens is 1. The molecule has 1 saturated heterocycles. The fourth-order valence-corrected chi connectivity index (χ4v) is 2.83. The summed E-state index contributed by atoms with van der Waals surface area (Å²) in [7, 11) is 0. The molecule has 1 aromatic heterocycles. The Bertz CT molecular complexity index is 701. The van der Waals surface area contributed by atoms with Gasteiger partial charge in [-0.3, -0.25) is 14.7 Å². The Hall–Kier alpha value is -2.47. The normalized spacial score (nSPS) is 15.5. The number of carbonyl (C=O) groups excluding carboxylic acids is 1. The van der Waals surface area contributed by atoms with Crippen molar-refractivity contribution >= 4 is 5.91 Å². The van der Waals surface area contributed by atoms with Crippen LogP contribution in [-0.2, 0) is 6.42 Å². The van der Waals surface area contributed by atoms with E-state index >= 15 is 0 Å². The molecule has 0 saturated carbocycles. The first-order valence-electron chi connectivity index (χ1n) is 8.02. The van der Waals surface area contributed by atoms with E-state index in [0.29, 0.717) is 13.1 Å². The van der Waals surface area contributed by atoms with Gasteiger partial charge in [0.05, 0.1) is 0 Å². The molecule has 0 aliphatic carbocycles. The highest BCUT2D eigenvalue weighted by Gasteiger charge is 2.22. The molecule has 0 radical (unpaired) electrons. The van der Waals surface area contributed by atoms with Crippen molar-refractivity contribution in [1.29, 1.82) is 0 Å². The van der Waals surface area contributed by atoms with Crippen LogP contribution in [0.15, 0.2) is 42.7 Å². The molecular weight excluding hydrogens is 309 g/mol. The van der Waals surface area contributed by atoms with Crippen molar-refractivity contribution in [2.45, 2.75) is 6.42 Å². The Balaban J connectivity index is 1.51. The number of amides is 1. The van der Waals surface area contributed by atoms with Crippen molar-refractivity contribution in [3.8, 4) is 5.75 Å². The maximum absolute atomic E-state index is 13.4. The topological polar surface area (TPSA) is 56.7 Å². The average Bonchev–Trinajstić information content (AvgIpc) is 2.63. The van der Waals surface area contributed by atoms with E-state index in [1.807, 2.05) is 12.1 Å². The number of phenols is 1. The van der Waals surface area contributed by atoms with Crippen LogP contribution in [0.2, 0.25) is 0 Å². The summed E-state index contributed by atoms with van der Waals surface area (Å²) in [6.45, 7) is 3.80. The minimum absolute atomic E-state index is 0.192. The quantitative estimate of drug-likeness (QED) is 0.931. The lowest BCUT2D eigenvalue weighted by atomic mass is 10.1. The number of aromatic hydroxyl groups is 1. The van der Waals surface area contributed by atoms with E-state index in [4.69, 9.17) is 0 Å². The molecule has 1 aromatic carbocycles. The first-order chi connectivity index (χ1) is 11.6. The van der Waals surface area contributed by atoms with Crippen molar-refractivity contribution < 1.29 is 14.3 Å². The second-order valence-electron chi connectivity index (χ2n) is 5.91. The molecule has 6 heteroatoms. The van der Waals surface area contributed by atoms with Gasteiger partial charge in [0, 0.05) is 50.7 Å². The standard InChI is InChI=1S/C18H20FN3O2/c19-16-13-15(1-2-17(16)23)18(24)22-11-9-21(10-12-22)8-5-14-3-6-20-7-4-14/h1-4,6-7,13,23H,5,8-12H2. The minimum Gasteiger partial charge on any atom is -0.505 e. The lowest BCUT2D eigenvalue weighted by Gasteiger charge is -2.34. The van der Waals surface area contributed by atoms with Crippen molar-refractivity contribution in [3.63, 3.8) is 0 Å². The number of pyridine rings is 1. The Kier molecular flexibility index (Phi) is 5.05. The van der Waals surface area contributed by atoms with Crippen LogP contribution in [0, 0.1) is 5.82 Å². The molecule has 1 aliphatic rings. The predicted molar refractivity (Wildman–Crippen MR) is 88.3 cm³/mol. The number of rotatable bonds is 4. The maximum atomic E-state index is 13.4. The molecule has 2 aromatic rings. The summed E-state index contributed by atoms with van der Waals surface area (Å²) in [6.07, 6.45) is 4.55. The van der Waals surface area contributed by atoms with Crippen LogP contribution in [-0.4, -0.2) is 58.5 Å². The number of benzene rings is 1. The first-order valence-corrected chi connectivity index (χ1v) is 8.02. The van der Waals surface area contributed by atoms with Gasteiger partial charge in [-0.15, -0.1) is 0 Å². The third-order valence-electron chi connectivity index (χ3n) is 4.32. The molecule has 126 valence electrons. The number of aromatic nitrogens is 1. The van der Waals surface area contributed by atoms with Crippen LogP contribution < -0.4 is 0 Å². The lowest BCUT2D eigenvalue weighted by Crippen LogP contribution is -2.49. The second kappa shape index (κ2) is 7.40. The predicted octanol–water partition coefficient (Wildman–Crippen LogP) is 1.93. The Morgan fingerprint density at radius 1 is 1.12 bits per heavy atom. The number of hydrogen-bond donors (Lipinski definition) is 1. The van der Waals surface area contributed by atoms with Crippen molar-refractivity contribution in [2.24, 2.45) is 0 Å². The van der Waals surface area contributed by atoms with Gasteiger partial charge in [-0.2, -0.15) is 0 Å². The summed E-state index contributed by atoms with van der Waals surface area (Å²) in [6, 6.07) is 7.79. The van der Waals surface area contributed by atoms with Gasteiger partial charge in [-0.25, -0.2) is 4.39 Å². The van der Waals surface area contributed by atoms with Crippen LogP contribution in [0.3, 0.4) is 0 Å². The van der Waals surface area contributed by atoms with Crippen LogP contribution in [0.5, 0.6) is 5.75 Å². The molecule has 1 amide bonds. The lowest BCUT2D eigenvalue weighted by molar-refractivity contribution is 0.0638. The Morgan fingerprint density at radius 2 is 1.83 bits per heavy atom. The second-order valence-corrected chi connectivity index (χ2v) is 5.91. The highest BCUT2D eigenvalue weighted by molar-refractivity contribution is 5.94. The fraction of sp³-hybridized carbons (Fsp3) is 0.333. The first kappa shape index (κ1) is 16.4. The van der Waals surface area contributed by atoms with Gasteiger partial charge in [-0.05, 0) is 42.3 Å². The van der Waals surface area contributed by atoms with Crippen molar-refractivity contribution in [3.05, 3.63) is 59.7 Å². The molecule has 24 heavy (non-hydrogen) atoms. The third-order valence-corrected chi connectivity index (χ3v) is 4.32. The molecule has 3 rings (SSSR count). The summed E-state index contributed by atoms with van der Waals surface area (Å²) >= 11 is 0. The number of piperazine rings is 1. The minimum atomic E-state index is -0.767. The summed E-state index contributed by atoms with van der Waals surface area (Å²) < 4.78 is 13.4. The van der Waals surface area contributed by atoms with Crippen LogP contribution >= 0.6 is 0 Å². The Labute approximate surface area is 140 Å². The van der Waals surface area contributed by atoms with E-state index < -0.39 is 11.6 Å². The third kappa shape index (κ3) is 3.89. The van der Waals surface area contributed by atoms with E-state index in [1.54, 1.807) is 17.3 Å². The van der Waals surface area contributed by atoms with E-state index in [-0.39, 0.29) is 11.5 Å². The average molecular weight is 329 g/mol. The monoisotopic (exact) mass is 329 g/mol. The molecule has 0 unspecified atom stereocenters. The zero-order valence-corrected chi connectivity index (χ0v) is 13.4. The smallest absolute Gasteiger partial charge is 0.254 e. The zero-order chi connectivity index (χ0) is 16.9. The number of hydrogen-bond acceptors (Lipinski definition) is 4. The highest BCUT2D eigenvalue weighted by atomic mass is 19.1. The van der Waals surface area contributed by atoms with E-state index in [0.717, 1.165) is 32.1 Å². The van der Waals surface area contributed by atoms with Gasteiger partial charge in [0.25, 0.3) is 5.91 Å². The van der Waals surface area contributed by atoms with Crippen LogP contribution in [0.4, 0.5) is 4.39 Å². The molecule has 1 fully saturated rings. The van der Waals surface area contributed by atoms with Gasteiger partial charge < -0.3 is 10.0 Å². The van der Waals surface area contributed by atoms with Crippen molar-refractivity contribution in [2.75, 3.05) is 32.7 Å². The molecule has 1 aliphatic heterocycles. The zero-order valence-electron chi connectivity index (χ0n) is 13.4. The summed E-state index contributed by atoms with van der Waals surface area (Å²) in [5, 5.41) is 9.21. The van der Waals surface area contributed by atoms with Gasteiger partial charge in [0.1, 0.15) is 0 Å². The van der Waals surface area contributed by atoms with Gasteiger partial charge in [-0.1, -0.05) is 0 Å². The summed E-state index contributed by atoms with van der Waals surface area (Å²) in [4.78, 5) is 20.5. The number of carbonyl (C=O) groups is 1. The van der Waals surface area contributed by atoms with Gasteiger partial charge >= 0.3 is 0 Å². The molecule has 2 heterocycles. The highest BCUT2D eigenvalue weighted by Crippen LogP contribution is 2.18. The largest absolute Gasteiger partial charge is 0.505 e. The van der Waals surface area contributed by atoms with E-state index in [2.05, 4.69) is 9.88 Å². The maximum Gasteiger partial charge on any atom is 0.254 e. The fourth-order valence-electron chi connectivity index (χ4n) is 2.83. The summed E-state index contributed by atoms with van der Waals surface area (Å²) in [5.41, 5.74) is 1.53. The van der Waals surface area contributed by atoms with Gasteiger partial charge in [0.2, 0.25) is 0 Å². The number of phenolic OH excluding ortho intramolecular Hbond substituents is 1. The molecule has 0 bridgehead atoms. The molecule has 5 nitrogen and oxygen atoms in total. The van der Waals surface area contributed by atoms with Crippen molar-refractivity contribution in [1.82, 2.24) is 14.8 Å². The SMILES string of the molecule is O=C(c1ccc(O)c(F)c1)N1CCN(CCc2ccncc2)CC1. The van der Waals surface area contributed by atoms with E-state index in [1.165, 1.54) is 17.7 Å². The Morgan fingerprint density at radius 3 is 2.50 bits per heavy atom. The van der Waals surface area contributed by atoms with Crippen LogP contribution in [0.25, 0.3) is 0 Å². The molecule has 1 N–H and O–H groups in total. The molecular formula is C18H20FN3O2. The van der Waals surface area contributed by atoms with Crippen LogP contribution in [0.1, 0.15) is 15.9 Å². The molecule has 0 spiro atoms. The summed E-state index contributed by atoms with van der Waals surface area (Å²) in [5.74, 6) is -1.40.